The molecule has 1 amide bonds. The first-order chi connectivity index (χ1) is 12.2. The van der Waals surface area contributed by atoms with Gasteiger partial charge < -0.3 is 14.6 Å². The Labute approximate surface area is 145 Å². The number of aromatic amines is 1. The van der Waals surface area contributed by atoms with Crippen LogP contribution in [0.2, 0.25) is 0 Å². The molecule has 0 saturated carbocycles. The van der Waals surface area contributed by atoms with E-state index in [4.69, 9.17) is 4.74 Å². The van der Waals surface area contributed by atoms with Gasteiger partial charge in [0.15, 0.2) is 6.61 Å². The van der Waals surface area contributed by atoms with Crippen LogP contribution in [0.1, 0.15) is 21.5 Å². The van der Waals surface area contributed by atoms with Crippen LogP contribution in [0.15, 0.2) is 54.7 Å². The number of carbonyl (C=O) groups excluding carboxylic acids is 2. The molecule has 0 bridgehead atoms. The number of hydrogen-bond acceptors (Lipinski definition) is 3. The van der Waals surface area contributed by atoms with E-state index in [1.54, 1.807) is 11.1 Å². The van der Waals surface area contributed by atoms with Crippen LogP contribution in [0.5, 0.6) is 0 Å². The Morgan fingerprint density at radius 3 is 2.68 bits per heavy atom. The van der Waals surface area contributed by atoms with Gasteiger partial charge in [0.05, 0.1) is 5.56 Å². The molecule has 3 aromatic rings. The van der Waals surface area contributed by atoms with E-state index < -0.39 is 5.97 Å². The smallest absolute Gasteiger partial charge is 0.340 e. The molecule has 0 unspecified atom stereocenters. The first-order valence-electron chi connectivity index (χ1n) is 8.30. The summed E-state index contributed by atoms with van der Waals surface area (Å²) in [6, 6.07) is 15.6. The number of fused-ring (bicyclic) bond motifs is 2. The molecule has 0 radical (unpaired) electrons. The maximum Gasteiger partial charge on any atom is 0.340 e. The van der Waals surface area contributed by atoms with Crippen LogP contribution in [0.4, 0.5) is 0 Å². The highest BCUT2D eigenvalue weighted by atomic mass is 16.5. The van der Waals surface area contributed by atoms with Crippen LogP contribution in [0.25, 0.3) is 10.9 Å². The SMILES string of the molecule is O=C(OCC(=O)N1CCc2ccccc2C1)c1c[nH]c2ccccc12. The highest BCUT2D eigenvalue weighted by molar-refractivity contribution is 6.04. The van der Waals surface area contributed by atoms with Gasteiger partial charge in [-0.1, -0.05) is 42.5 Å². The Kier molecular flexibility index (Phi) is 3.98. The molecule has 0 saturated heterocycles. The highest BCUT2D eigenvalue weighted by Crippen LogP contribution is 2.20. The number of amides is 1. The number of nitrogens with one attached hydrogen (secondary N) is 1. The van der Waals surface area contributed by atoms with E-state index in [-0.39, 0.29) is 12.5 Å². The highest BCUT2D eigenvalue weighted by Gasteiger charge is 2.22. The number of hydrogen-bond donors (Lipinski definition) is 1. The van der Waals surface area contributed by atoms with Gasteiger partial charge in [-0.3, -0.25) is 4.79 Å². The number of esters is 1. The molecule has 0 spiro atoms. The minimum absolute atomic E-state index is 0.164. The van der Waals surface area contributed by atoms with Crippen molar-refractivity contribution in [2.24, 2.45) is 0 Å². The summed E-state index contributed by atoms with van der Waals surface area (Å²) >= 11 is 0. The maximum absolute atomic E-state index is 12.4. The van der Waals surface area contributed by atoms with Gasteiger partial charge in [-0.2, -0.15) is 0 Å². The van der Waals surface area contributed by atoms with E-state index >= 15 is 0 Å². The van der Waals surface area contributed by atoms with Gasteiger partial charge in [-0.25, -0.2) is 4.79 Å². The second kappa shape index (κ2) is 6.43. The third-order valence-corrected chi connectivity index (χ3v) is 4.62. The monoisotopic (exact) mass is 334 g/mol. The zero-order chi connectivity index (χ0) is 17.2. The fraction of sp³-hybridized carbons (Fsp3) is 0.200. The van der Waals surface area contributed by atoms with Crippen molar-refractivity contribution in [1.82, 2.24) is 9.88 Å². The van der Waals surface area contributed by atoms with Gasteiger partial charge >= 0.3 is 5.97 Å². The minimum Gasteiger partial charge on any atom is -0.452 e. The molecule has 0 atom stereocenters. The number of rotatable bonds is 3. The number of benzene rings is 2. The molecule has 1 N–H and O–H groups in total. The number of aromatic nitrogens is 1. The number of ether oxygens (including phenoxy) is 1. The Morgan fingerprint density at radius 2 is 1.80 bits per heavy atom. The summed E-state index contributed by atoms with van der Waals surface area (Å²) in [6.07, 6.45) is 2.45. The van der Waals surface area contributed by atoms with E-state index in [1.807, 2.05) is 42.5 Å². The zero-order valence-corrected chi connectivity index (χ0v) is 13.7. The molecule has 5 heteroatoms. The quantitative estimate of drug-likeness (QED) is 0.749. The number of para-hydroxylation sites is 1. The molecule has 2 heterocycles. The fourth-order valence-corrected chi connectivity index (χ4v) is 3.25. The molecule has 1 aliphatic rings. The lowest BCUT2D eigenvalue weighted by molar-refractivity contribution is -0.135. The second-order valence-corrected chi connectivity index (χ2v) is 6.16. The average Bonchev–Trinajstić information content (AvgIpc) is 3.09. The van der Waals surface area contributed by atoms with Gasteiger partial charge in [-0.05, 0) is 23.6 Å². The predicted octanol–water partition coefficient (Wildman–Crippen LogP) is 2.91. The summed E-state index contributed by atoms with van der Waals surface area (Å²) < 4.78 is 5.25. The van der Waals surface area contributed by atoms with E-state index in [2.05, 4.69) is 11.1 Å². The van der Waals surface area contributed by atoms with Crippen molar-refractivity contribution in [1.29, 1.82) is 0 Å². The first-order valence-corrected chi connectivity index (χ1v) is 8.30. The molecule has 4 rings (SSSR count). The lowest BCUT2D eigenvalue weighted by Gasteiger charge is -2.28. The van der Waals surface area contributed by atoms with Crippen LogP contribution in [0, 0.1) is 0 Å². The predicted molar refractivity (Wildman–Crippen MR) is 94.1 cm³/mol. The minimum atomic E-state index is -0.483. The van der Waals surface area contributed by atoms with Crippen LogP contribution in [-0.2, 0) is 22.5 Å². The Balaban J connectivity index is 1.40. The van der Waals surface area contributed by atoms with Crippen LogP contribution in [0.3, 0.4) is 0 Å². The molecule has 126 valence electrons. The van der Waals surface area contributed by atoms with E-state index in [0.717, 1.165) is 22.9 Å². The summed E-state index contributed by atoms with van der Waals surface area (Å²) in [4.78, 5) is 29.5. The van der Waals surface area contributed by atoms with Crippen molar-refractivity contribution in [3.8, 4) is 0 Å². The fourth-order valence-electron chi connectivity index (χ4n) is 3.25. The number of H-pyrrole nitrogens is 1. The van der Waals surface area contributed by atoms with Crippen LogP contribution < -0.4 is 0 Å². The molecule has 2 aromatic carbocycles. The van der Waals surface area contributed by atoms with Crippen LogP contribution >= 0.6 is 0 Å². The third-order valence-electron chi connectivity index (χ3n) is 4.62. The maximum atomic E-state index is 12.4. The Bertz CT molecular complexity index is 945. The van der Waals surface area contributed by atoms with E-state index in [1.165, 1.54) is 5.56 Å². The average molecular weight is 334 g/mol. The Hall–Kier alpha value is -3.08. The summed E-state index contributed by atoms with van der Waals surface area (Å²) in [6.45, 7) is 0.987. The standard InChI is InChI=1S/C20H18N2O3/c23-19(22-10-9-14-5-1-2-6-15(14)12-22)13-25-20(24)17-11-21-18-8-4-3-7-16(17)18/h1-8,11,21H,9-10,12-13H2. The lowest BCUT2D eigenvalue weighted by Crippen LogP contribution is -2.38. The molecular formula is C20H18N2O3. The zero-order valence-electron chi connectivity index (χ0n) is 13.7. The van der Waals surface area contributed by atoms with E-state index in [9.17, 15) is 9.59 Å². The molecule has 5 nitrogen and oxygen atoms in total. The summed E-state index contributed by atoms with van der Waals surface area (Å²) in [5.74, 6) is -0.647. The molecule has 1 aliphatic heterocycles. The summed E-state index contributed by atoms with van der Waals surface area (Å²) in [7, 11) is 0. The molecule has 0 fully saturated rings. The summed E-state index contributed by atoms with van der Waals surface area (Å²) in [5.41, 5.74) is 3.76. The van der Waals surface area contributed by atoms with Crippen molar-refractivity contribution in [3.05, 3.63) is 71.4 Å². The summed E-state index contributed by atoms with van der Waals surface area (Å²) in [5, 5.41) is 0.798. The van der Waals surface area contributed by atoms with Crippen LogP contribution in [-0.4, -0.2) is 34.9 Å². The second-order valence-electron chi connectivity index (χ2n) is 6.16. The van der Waals surface area contributed by atoms with Crippen molar-refractivity contribution in [2.75, 3.05) is 13.2 Å². The van der Waals surface area contributed by atoms with E-state index in [0.29, 0.717) is 18.7 Å². The number of carbonyl (C=O) groups is 2. The van der Waals surface area contributed by atoms with Gasteiger partial charge in [0, 0.05) is 30.2 Å². The Morgan fingerprint density at radius 1 is 1.04 bits per heavy atom. The van der Waals surface area contributed by atoms with Crippen molar-refractivity contribution >= 4 is 22.8 Å². The molecule has 1 aromatic heterocycles. The first kappa shape index (κ1) is 15.4. The van der Waals surface area contributed by atoms with Gasteiger partial charge in [-0.15, -0.1) is 0 Å². The largest absolute Gasteiger partial charge is 0.452 e. The third kappa shape index (κ3) is 3.01. The molecular weight excluding hydrogens is 316 g/mol. The van der Waals surface area contributed by atoms with Gasteiger partial charge in [0.2, 0.25) is 0 Å². The van der Waals surface area contributed by atoms with Crippen molar-refractivity contribution in [3.63, 3.8) is 0 Å². The lowest BCUT2D eigenvalue weighted by atomic mass is 10.00. The topological polar surface area (TPSA) is 62.4 Å². The van der Waals surface area contributed by atoms with Crippen molar-refractivity contribution in [2.45, 2.75) is 13.0 Å². The molecule has 0 aliphatic carbocycles. The number of nitrogens with zero attached hydrogens (tertiary/aromatic N) is 1. The molecule has 25 heavy (non-hydrogen) atoms. The van der Waals surface area contributed by atoms with Crippen molar-refractivity contribution < 1.29 is 14.3 Å². The normalized spacial score (nSPS) is 13.5. The van der Waals surface area contributed by atoms with Gasteiger partial charge in [0.25, 0.3) is 5.91 Å². The van der Waals surface area contributed by atoms with Gasteiger partial charge in [0.1, 0.15) is 0 Å².